The molecule has 53 valence electrons. The number of hydrogen-bond donors (Lipinski definition) is 1. The number of nitrogens with two attached hydrogens (primary N) is 1. The Balaban J connectivity index is 3.03. The predicted octanol–water partition coefficient (Wildman–Crippen LogP) is 2.19. The van der Waals surface area contributed by atoms with Gasteiger partial charge in [0.25, 0.3) is 0 Å². The Labute approximate surface area is 61.9 Å². The molecule has 0 saturated carbocycles. The zero-order chi connectivity index (χ0) is 7.56. The normalized spacial score (nSPS) is 10.3. The van der Waals surface area contributed by atoms with Gasteiger partial charge in [0, 0.05) is 5.69 Å². The molecular formula is C9H12N. The van der Waals surface area contributed by atoms with Crippen LogP contribution in [0.2, 0.25) is 0 Å². The molecule has 0 aliphatic carbocycles. The zero-order valence-electron chi connectivity index (χ0n) is 6.39. The summed E-state index contributed by atoms with van der Waals surface area (Å²) in [4.78, 5) is 0. The molecule has 0 aliphatic rings. The maximum atomic E-state index is 5.69. The van der Waals surface area contributed by atoms with E-state index in [1.807, 2.05) is 18.2 Å². The first kappa shape index (κ1) is 7.13. The van der Waals surface area contributed by atoms with E-state index in [2.05, 4.69) is 19.9 Å². The second kappa shape index (κ2) is 2.74. The zero-order valence-corrected chi connectivity index (χ0v) is 6.39. The van der Waals surface area contributed by atoms with Crippen molar-refractivity contribution in [2.45, 2.75) is 19.8 Å². The van der Waals surface area contributed by atoms with Crippen LogP contribution >= 0.6 is 0 Å². The highest BCUT2D eigenvalue weighted by Crippen LogP contribution is 2.19. The molecular weight excluding hydrogens is 122 g/mol. The fourth-order valence-corrected chi connectivity index (χ4v) is 0.981. The van der Waals surface area contributed by atoms with Crippen LogP contribution in [0.3, 0.4) is 0 Å². The molecule has 1 nitrogen and oxygen atoms in total. The summed E-state index contributed by atoms with van der Waals surface area (Å²) in [6.07, 6.45) is 0. The molecule has 0 amide bonds. The Kier molecular flexibility index (Phi) is 1.95. The van der Waals surface area contributed by atoms with Gasteiger partial charge in [0.15, 0.2) is 0 Å². The van der Waals surface area contributed by atoms with E-state index in [1.165, 1.54) is 5.56 Å². The van der Waals surface area contributed by atoms with Crippen molar-refractivity contribution in [1.82, 2.24) is 0 Å². The minimum Gasteiger partial charge on any atom is -0.398 e. The van der Waals surface area contributed by atoms with Crippen LogP contribution < -0.4 is 5.73 Å². The standard InChI is InChI=1S/C9H12N/c1-7(2)8-5-3-4-6-9(8)10/h3,5-7H,10H2,1-2H3. The first-order valence-corrected chi connectivity index (χ1v) is 3.47. The quantitative estimate of drug-likeness (QED) is 0.585. The van der Waals surface area contributed by atoms with Crippen molar-refractivity contribution < 1.29 is 0 Å². The molecule has 0 aliphatic heterocycles. The molecule has 1 aromatic carbocycles. The minimum atomic E-state index is 0.509. The third-order valence-electron chi connectivity index (χ3n) is 1.55. The topological polar surface area (TPSA) is 26.0 Å². The van der Waals surface area contributed by atoms with Gasteiger partial charge in [-0.05, 0) is 23.6 Å². The van der Waals surface area contributed by atoms with Gasteiger partial charge in [0.05, 0.1) is 0 Å². The van der Waals surface area contributed by atoms with Crippen molar-refractivity contribution in [3.05, 3.63) is 29.8 Å². The average Bonchev–Trinajstić information content (AvgIpc) is 1.88. The number of anilines is 1. The van der Waals surface area contributed by atoms with Gasteiger partial charge in [-0.1, -0.05) is 26.0 Å². The van der Waals surface area contributed by atoms with E-state index in [-0.39, 0.29) is 0 Å². The molecule has 1 heteroatoms. The van der Waals surface area contributed by atoms with E-state index < -0.39 is 0 Å². The lowest BCUT2D eigenvalue weighted by atomic mass is 10.0. The Morgan fingerprint density at radius 3 is 2.60 bits per heavy atom. The van der Waals surface area contributed by atoms with Crippen LogP contribution in [0.4, 0.5) is 5.69 Å². The fraction of sp³-hybridized carbons (Fsp3) is 0.333. The Hall–Kier alpha value is -0.980. The summed E-state index contributed by atoms with van der Waals surface area (Å²) in [5.41, 5.74) is 7.74. The number of benzene rings is 1. The van der Waals surface area contributed by atoms with Gasteiger partial charge in [-0.25, -0.2) is 0 Å². The van der Waals surface area contributed by atoms with Gasteiger partial charge >= 0.3 is 0 Å². The molecule has 0 heterocycles. The summed E-state index contributed by atoms with van der Waals surface area (Å²) in [7, 11) is 0. The first-order valence-electron chi connectivity index (χ1n) is 3.47. The van der Waals surface area contributed by atoms with Crippen molar-refractivity contribution in [2.24, 2.45) is 0 Å². The molecule has 10 heavy (non-hydrogen) atoms. The lowest BCUT2D eigenvalue weighted by molar-refractivity contribution is 0.870. The molecule has 0 saturated heterocycles. The Morgan fingerprint density at radius 2 is 2.20 bits per heavy atom. The summed E-state index contributed by atoms with van der Waals surface area (Å²) in [5, 5.41) is 0. The van der Waals surface area contributed by atoms with Crippen LogP contribution in [0.1, 0.15) is 25.3 Å². The molecule has 1 radical (unpaired) electrons. The maximum Gasteiger partial charge on any atom is 0.0355 e. The van der Waals surface area contributed by atoms with E-state index in [0.717, 1.165) is 5.69 Å². The molecule has 0 bridgehead atoms. The molecule has 0 aromatic heterocycles. The van der Waals surface area contributed by atoms with Gasteiger partial charge in [-0.15, -0.1) is 0 Å². The smallest absolute Gasteiger partial charge is 0.0355 e. The second-order valence-electron chi connectivity index (χ2n) is 2.71. The highest BCUT2D eigenvalue weighted by Gasteiger charge is 2.00. The van der Waals surface area contributed by atoms with Crippen molar-refractivity contribution in [2.75, 3.05) is 5.73 Å². The molecule has 0 spiro atoms. The Morgan fingerprint density at radius 1 is 1.50 bits per heavy atom. The lowest BCUT2D eigenvalue weighted by Crippen LogP contribution is -1.94. The van der Waals surface area contributed by atoms with E-state index in [0.29, 0.717) is 5.92 Å². The van der Waals surface area contributed by atoms with Gasteiger partial charge in [-0.2, -0.15) is 0 Å². The van der Waals surface area contributed by atoms with Gasteiger partial charge in [-0.3, -0.25) is 0 Å². The summed E-state index contributed by atoms with van der Waals surface area (Å²) in [5.74, 6) is 0.509. The molecule has 0 unspecified atom stereocenters. The lowest BCUT2D eigenvalue weighted by Gasteiger charge is -2.06. The summed E-state index contributed by atoms with van der Waals surface area (Å²) < 4.78 is 0. The first-order chi connectivity index (χ1) is 4.72. The number of nitrogen functional groups attached to an aromatic ring is 1. The van der Waals surface area contributed by atoms with E-state index in [9.17, 15) is 0 Å². The van der Waals surface area contributed by atoms with Gasteiger partial charge in [0.1, 0.15) is 0 Å². The van der Waals surface area contributed by atoms with Crippen molar-refractivity contribution in [1.29, 1.82) is 0 Å². The van der Waals surface area contributed by atoms with E-state index in [4.69, 9.17) is 5.73 Å². The van der Waals surface area contributed by atoms with Crippen LogP contribution in [0.25, 0.3) is 0 Å². The summed E-state index contributed by atoms with van der Waals surface area (Å²) in [6, 6.07) is 8.65. The van der Waals surface area contributed by atoms with Gasteiger partial charge in [0.2, 0.25) is 0 Å². The molecule has 0 atom stereocenters. The molecule has 2 N–H and O–H groups in total. The minimum absolute atomic E-state index is 0.509. The average molecular weight is 134 g/mol. The van der Waals surface area contributed by atoms with Crippen LogP contribution in [0.15, 0.2) is 18.2 Å². The monoisotopic (exact) mass is 134 g/mol. The summed E-state index contributed by atoms with van der Waals surface area (Å²) >= 11 is 0. The maximum absolute atomic E-state index is 5.69. The predicted molar refractivity (Wildman–Crippen MR) is 43.8 cm³/mol. The van der Waals surface area contributed by atoms with Gasteiger partial charge < -0.3 is 5.73 Å². The van der Waals surface area contributed by atoms with Crippen LogP contribution in [0.5, 0.6) is 0 Å². The van der Waals surface area contributed by atoms with Crippen LogP contribution in [-0.4, -0.2) is 0 Å². The third kappa shape index (κ3) is 1.29. The fourth-order valence-electron chi connectivity index (χ4n) is 0.981. The van der Waals surface area contributed by atoms with Crippen molar-refractivity contribution in [3.8, 4) is 0 Å². The van der Waals surface area contributed by atoms with Crippen LogP contribution in [0, 0.1) is 6.07 Å². The Bertz CT molecular complexity index is 216. The highest BCUT2D eigenvalue weighted by atomic mass is 14.6. The number of hydrogen-bond acceptors (Lipinski definition) is 1. The number of rotatable bonds is 1. The molecule has 1 aromatic rings. The van der Waals surface area contributed by atoms with Crippen LogP contribution in [-0.2, 0) is 0 Å². The molecule has 1 rings (SSSR count). The molecule has 0 fully saturated rings. The highest BCUT2D eigenvalue weighted by molar-refractivity contribution is 5.47. The SMILES string of the molecule is CC(C)c1cc[c]cc1N. The largest absolute Gasteiger partial charge is 0.398 e. The van der Waals surface area contributed by atoms with Crippen molar-refractivity contribution >= 4 is 5.69 Å². The third-order valence-corrected chi connectivity index (χ3v) is 1.55. The second-order valence-corrected chi connectivity index (χ2v) is 2.71. The van der Waals surface area contributed by atoms with Crippen molar-refractivity contribution in [3.63, 3.8) is 0 Å². The van der Waals surface area contributed by atoms with E-state index in [1.54, 1.807) is 0 Å². The summed E-state index contributed by atoms with van der Waals surface area (Å²) in [6.45, 7) is 4.26. The van der Waals surface area contributed by atoms with E-state index >= 15 is 0 Å².